The van der Waals surface area contributed by atoms with Crippen LogP contribution in [0, 0.1) is 0 Å². The second-order valence-electron chi connectivity index (χ2n) is 2.05. The van der Waals surface area contributed by atoms with Gasteiger partial charge in [0.1, 0.15) is 6.10 Å². The van der Waals surface area contributed by atoms with Crippen LogP contribution in [0.25, 0.3) is 0 Å². The molecule has 0 unspecified atom stereocenters. The molecule has 1 saturated heterocycles. The van der Waals surface area contributed by atoms with Gasteiger partial charge in [-0.05, 0) is 0 Å². The van der Waals surface area contributed by atoms with Crippen LogP contribution in [0.1, 0.15) is 0 Å². The Morgan fingerprint density at radius 3 is 2.50 bits per heavy atom. The molecule has 0 saturated carbocycles. The fraction of sp³-hybridized carbons (Fsp3) is 0.800. The summed E-state index contributed by atoms with van der Waals surface area (Å²) < 4.78 is 16.5. The molecule has 0 radical (unpaired) electrons. The van der Waals surface area contributed by atoms with E-state index in [2.05, 4.69) is 4.74 Å². The Morgan fingerprint density at radius 2 is 2.30 bits per heavy atom. The van der Waals surface area contributed by atoms with E-state index in [0.717, 1.165) is 0 Å². The number of carbonyl (C=O) groups excluding carboxylic acids is 1. The molecular weight excluding hydrogens is 143 g/mol. The first-order chi connectivity index (χ1) is 4.66. The van der Waals surface area contributed by atoms with Gasteiger partial charge in [0.25, 0.3) is 0 Å². The molecule has 3 atom stereocenters. The molecule has 1 fully saturated rings. The zero-order chi connectivity index (χ0) is 7.72. The SMILES string of the molecule is O=C1O[C@@H](CO)[C@H](O)[C@H]1F. The van der Waals surface area contributed by atoms with Gasteiger partial charge >= 0.3 is 5.97 Å². The number of aliphatic hydroxyl groups is 2. The third kappa shape index (κ3) is 0.975. The topological polar surface area (TPSA) is 66.8 Å². The molecule has 0 spiro atoms. The Hall–Kier alpha value is -0.680. The van der Waals surface area contributed by atoms with E-state index >= 15 is 0 Å². The van der Waals surface area contributed by atoms with Gasteiger partial charge in [0.15, 0.2) is 6.10 Å². The number of hydrogen-bond donors (Lipinski definition) is 2. The van der Waals surface area contributed by atoms with Crippen molar-refractivity contribution in [3.8, 4) is 0 Å². The van der Waals surface area contributed by atoms with Crippen molar-refractivity contribution in [2.75, 3.05) is 6.61 Å². The van der Waals surface area contributed by atoms with Gasteiger partial charge < -0.3 is 14.9 Å². The lowest BCUT2D eigenvalue weighted by Gasteiger charge is -2.07. The van der Waals surface area contributed by atoms with E-state index in [1.807, 2.05) is 0 Å². The molecule has 4 nitrogen and oxygen atoms in total. The number of hydrogen-bond acceptors (Lipinski definition) is 4. The van der Waals surface area contributed by atoms with Crippen molar-refractivity contribution >= 4 is 5.97 Å². The predicted molar refractivity (Wildman–Crippen MR) is 27.9 cm³/mol. The molecule has 10 heavy (non-hydrogen) atoms. The number of halogens is 1. The first kappa shape index (κ1) is 7.43. The zero-order valence-corrected chi connectivity index (χ0v) is 5.03. The van der Waals surface area contributed by atoms with Crippen LogP contribution in [0.4, 0.5) is 4.39 Å². The number of alkyl halides is 1. The average molecular weight is 150 g/mol. The molecule has 1 heterocycles. The quantitative estimate of drug-likeness (QED) is 0.451. The van der Waals surface area contributed by atoms with E-state index in [1.54, 1.807) is 0 Å². The second kappa shape index (κ2) is 2.51. The fourth-order valence-corrected chi connectivity index (χ4v) is 0.757. The van der Waals surface area contributed by atoms with E-state index in [-0.39, 0.29) is 0 Å². The maximum atomic E-state index is 12.3. The molecule has 0 aromatic rings. The first-order valence-corrected chi connectivity index (χ1v) is 2.80. The highest BCUT2D eigenvalue weighted by Crippen LogP contribution is 2.17. The summed E-state index contributed by atoms with van der Waals surface area (Å²) in [5.41, 5.74) is 0. The highest BCUT2D eigenvalue weighted by atomic mass is 19.1. The summed E-state index contributed by atoms with van der Waals surface area (Å²) in [7, 11) is 0. The van der Waals surface area contributed by atoms with Crippen LogP contribution in [-0.2, 0) is 9.53 Å². The van der Waals surface area contributed by atoms with E-state index in [9.17, 15) is 9.18 Å². The van der Waals surface area contributed by atoms with Crippen LogP contribution in [0.15, 0.2) is 0 Å². The molecule has 0 amide bonds. The molecule has 0 aromatic heterocycles. The summed E-state index contributed by atoms with van der Waals surface area (Å²) in [5, 5.41) is 17.1. The van der Waals surface area contributed by atoms with Gasteiger partial charge in [-0.15, -0.1) is 0 Å². The molecule has 1 aliphatic heterocycles. The van der Waals surface area contributed by atoms with Crippen molar-refractivity contribution < 1.29 is 24.1 Å². The van der Waals surface area contributed by atoms with E-state index in [4.69, 9.17) is 10.2 Å². The zero-order valence-electron chi connectivity index (χ0n) is 5.03. The van der Waals surface area contributed by atoms with Crippen LogP contribution in [-0.4, -0.2) is 41.2 Å². The number of carbonyl (C=O) groups is 1. The molecule has 5 heteroatoms. The summed E-state index contributed by atoms with van der Waals surface area (Å²) in [6.45, 7) is -0.548. The van der Waals surface area contributed by atoms with Gasteiger partial charge in [-0.3, -0.25) is 0 Å². The van der Waals surface area contributed by atoms with Gasteiger partial charge in [0.05, 0.1) is 6.61 Å². The number of rotatable bonds is 1. The van der Waals surface area contributed by atoms with Crippen LogP contribution < -0.4 is 0 Å². The lowest BCUT2D eigenvalue weighted by Crippen LogP contribution is -2.30. The van der Waals surface area contributed by atoms with E-state index in [1.165, 1.54) is 0 Å². The molecular formula is C5H7FO4. The molecule has 58 valence electrons. The minimum atomic E-state index is -2.00. The maximum Gasteiger partial charge on any atom is 0.344 e. The summed E-state index contributed by atoms with van der Waals surface area (Å²) >= 11 is 0. The third-order valence-electron chi connectivity index (χ3n) is 1.35. The maximum absolute atomic E-state index is 12.3. The lowest BCUT2D eigenvalue weighted by molar-refractivity contribution is -0.146. The molecule has 0 aromatic carbocycles. The molecule has 0 bridgehead atoms. The van der Waals surface area contributed by atoms with E-state index in [0.29, 0.717) is 0 Å². The summed E-state index contributed by atoms with van der Waals surface area (Å²) in [6, 6.07) is 0. The summed E-state index contributed by atoms with van der Waals surface area (Å²) in [4.78, 5) is 10.3. The smallest absolute Gasteiger partial charge is 0.344 e. The summed E-state index contributed by atoms with van der Waals surface area (Å²) in [5.74, 6) is -1.11. The first-order valence-electron chi connectivity index (χ1n) is 2.80. The Kier molecular flexibility index (Phi) is 1.87. The van der Waals surface area contributed by atoms with Gasteiger partial charge in [-0.1, -0.05) is 0 Å². The van der Waals surface area contributed by atoms with Gasteiger partial charge in [0.2, 0.25) is 6.17 Å². The van der Waals surface area contributed by atoms with Crippen molar-refractivity contribution in [2.24, 2.45) is 0 Å². The second-order valence-corrected chi connectivity index (χ2v) is 2.05. The molecule has 2 N–H and O–H groups in total. The normalized spacial score (nSPS) is 39.9. The number of ether oxygens (including phenoxy) is 1. The minimum absolute atomic E-state index is 0.548. The number of esters is 1. The van der Waals surface area contributed by atoms with Crippen LogP contribution >= 0.6 is 0 Å². The van der Waals surface area contributed by atoms with Crippen molar-refractivity contribution in [1.29, 1.82) is 0 Å². The highest BCUT2D eigenvalue weighted by Gasteiger charge is 2.43. The number of aliphatic hydroxyl groups excluding tert-OH is 2. The van der Waals surface area contributed by atoms with Gasteiger partial charge in [0, 0.05) is 0 Å². The Balaban J connectivity index is 2.61. The number of cyclic esters (lactones) is 1. The molecule has 1 aliphatic rings. The highest BCUT2D eigenvalue weighted by molar-refractivity contribution is 5.77. The minimum Gasteiger partial charge on any atom is -0.455 e. The Labute approximate surface area is 56.2 Å². The largest absolute Gasteiger partial charge is 0.455 e. The predicted octanol–water partition coefficient (Wildman–Crippen LogP) is -1.40. The van der Waals surface area contributed by atoms with Crippen LogP contribution in [0.5, 0.6) is 0 Å². The lowest BCUT2D eigenvalue weighted by atomic mass is 10.2. The standard InChI is InChI=1S/C5H7FO4/c6-3-4(8)2(1-7)10-5(3)9/h2-4,7-8H,1H2/t2-,3+,4-/m0/s1. The summed E-state index contributed by atoms with van der Waals surface area (Å²) in [6.07, 6.45) is -4.61. The van der Waals surface area contributed by atoms with Gasteiger partial charge in [-0.25, -0.2) is 9.18 Å². The average Bonchev–Trinajstić information content (AvgIpc) is 2.17. The van der Waals surface area contributed by atoms with Crippen molar-refractivity contribution in [2.45, 2.75) is 18.4 Å². The van der Waals surface area contributed by atoms with Crippen molar-refractivity contribution in [3.05, 3.63) is 0 Å². The van der Waals surface area contributed by atoms with Gasteiger partial charge in [-0.2, -0.15) is 0 Å². The monoisotopic (exact) mass is 150 g/mol. The Bertz CT molecular complexity index is 149. The Morgan fingerprint density at radius 1 is 1.70 bits per heavy atom. The molecule has 0 aliphatic carbocycles. The third-order valence-corrected chi connectivity index (χ3v) is 1.35. The van der Waals surface area contributed by atoms with Crippen molar-refractivity contribution in [3.63, 3.8) is 0 Å². The fourth-order valence-electron chi connectivity index (χ4n) is 0.757. The molecule has 1 rings (SSSR count). The van der Waals surface area contributed by atoms with Crippen LogP contribution in [0.3, 0.4) is 0 Å². The van der Waals surface area contributed by atoms with Crippen LogP contribution in [0.2, 0.25) is 0 Å². The van der Waals surface area contributed by atoms with Crippen molar-refractivity contribution in [1.82, 2.24) is 0 Å². The van der Waals surface area contributed by atoms with E-state index < -0.39 is 31.0 Å².